The summed E-state index contributed by atoms with van der Waals surface area (Å²) in [5, 5.41) is 13.1. The summed E-state index contributed by atoms with van der Waals surface area (Å²) < 4.78 is 1.82. The molecule has 2 aromatic heterocycles. The van der Waals surface area contributed by atoms with Crippen LogP contribution in [0.2, 0.25) is 0 Å². The van der Waals surface area contributed by atoms with Gasteiger partial charge < -0.3 is 0 Å². The van der Waals surface area contributed by atoms with Crippen molar-refractivity contribution in [3.8, 4) is 5.69 Å². The van der Waals surface area contributed by atoms with Crippen LogP contribution < -0.4 is 0 Å². The van der Waals surface area contributed by atoms with Gasteiger partial charge in [0.15, 0.2) is 5.82 Å². The molecule has 0 saturated heterocycles. The van der Waals surface area contributed by atoms with Crippen LogP contribution in [0, 0.1) is 27.7 Å². The van der Waals surface area contributed by atoms with E-state index in [4.69, 9.17) is 0 Å². The highest BCUT2D eigenvalue weighted by molar-refractivity contribution is 7.98. The fourth-order valence-corrected chi connectivity index (χ4v) is 3.41. The van der Waals surface area contributed by atoms with Crippen molar-refractivity contribution in [2.24, 2.45) is 0 Å². The Balaban J connectivity index is 1.87. The van der Waals surface area contributed by atoms with Gasteiger partial charge in [-0.05, 0) is 55.3 Å². The van der Waals surface area contributed by atoms with Crippen molar-refractivity contribution in [3.05, 3.63) is 52.7 Å². The molecule has 0 N–H and O–H groups in total. The number of aryl methyl sites for hydroxylation is 4. The first-order valence-corrected chi connectivity index (χ1v) is 8.32. The molecule has 7 heteroatoms. The Labute approximate surface area is 139 Å². The Hall–Kier alpha value is -2.28. The second kappa shape index (κ2) is 6.45. The number of hydrogen-bond acceptors (Lipinski definition) is 6. The smallest absolute Gasteiger partial charge is 0.166 e. The van der Waals surface area contributed by atoms with Gasteiger partial charge in [-0.25, -0.2) is 9.97 Å². The minimum atomic E-state index is 0.649. The topological polar surface area (TPSA) is 69.4 Å². The number of hydrogen-bond donors (Lipinski definition) is 0. The second-order valence-corrected chi connectivity index (χ2v) is 6.43. The zero-order valence-electron chi connectivity index (χ0n) is 13.6. The fourth-order valence-electron chi connectivity index (χ4n) is 2.50. The Morgan fingerprint density at radius 2 is 1.78 bits per heavy atom. The summed E-state index contributed by atoms with van der Waals surface area (Å²) in [4.78, 5) is 8.74. The summed E-state index contributed by atoms with van der Waals surface area (Å²) in [7, 11) is 0. The third kappa shape index (κ3) is 3.39. The van der Waals surface area contributed by atoms with Crippen LogP contribution in [-0.2, 0) is 5.75 Å². The van der Waals surface area contributed by atoms with Crippen molar-refractivity contribution in [1.29, 1.82) is 0 Å². The molecular weight excluding hydrogens is 308 g/mol. The largest absolute Gasteiger partial charge is 0.238 e. The van der Waals surface area contributed by atoms with E-state index in [1.54, 1.807) is 11.8 Å². The lowest BCUT2D eigenvalue weighted by Gasteiger charge is -2.10. The molecule has 0 aliphatic rings. The Morgan fingerprint density at radius 3 is 2.48 bits per heavy atom. The summed E-state index contributed by atoms with van der Waals surface area (Å²) in [5.74, 6) is 2.24. The zero-order chi connectivity index (χ0) is 16.4. The van der Waals surface area contributed by atoms with E-state index >= 15 is 0 Å². The first-order chi connectivity index (χ1) is 11.0. The van der Waals surface area contributed by atoms with Gasteiger partial charge in [-0.15, -0.1) is 5.10 Å². The molecule has 0 aliphatic heterocycles. The molecule has 23 heavy (non-hydrogen) atoms. The van der Waals surface area contributed by atoms with E-state index in [1.165, 1.54) is 0 Å². The number of aromatic nitrogens is 6. The van der Waals surface area contributed by atoms with Crippen molar-refractivity contribution >= 4 is 11.8 Å². The van der Waals surface area contributed by atoms with E-state index in [9.17, 15) is 0 Å². The molecule has 3 rings (SSSR count). The summed E-state index contributed by atoms with van der Waals surface area (Å²) in [5.41, 5.74) is 4.31. The molecule has 3 aromatic rings. The number of thioether (sulfide) groups is 1. The molecule has 0 spiro atoms. The maximum atomic E-state index is 4.44. The van der Waals surface area contributed by atoms with Crippen LogP contribution in [0.3, 0.4) is 0 Å². The Kier molecular flexibility index (Phi) is 4.38. The molecule has 0 bridgehead atoms. The molecule has 118 valence electrons. The van der Waals surface area contributed by atoms with Crippen molar-refractivity contribution < 1.29 is 0 Å². The summed E-state index contributed by atoms with van der Waals surface area (Å²) in [6, 6.07) is 8.15. The molecule has 1 aromatic carbocycles. The van der Waals surface area contributed by atoms with Crippen LogP contribution in [-0.4, -0.2) is 30.2 Å². The van der Waals surface area contributed by atoms with Crippen molar-refractivity contribution in [3.63, 3.8) is 0 Å². The SMILES string of the molecule is Cc1cc(SCc2nnnn2-c2c(C)cccc2C)nc(C)n1. The van der Waals surface area contributed by atoms with Gasteiger partial charge in [-0.2, -0.15) is 4.68 Å². The molecule has 0 amide bonds. The van der Waals surface area contributed by atoms with Crippen LogP contribution >= 0.6 is 11.8 Å². The first-order valence-electron chi connectivity index (χ1n) is 7.33. The van der Waals surface area contributed by atoms with E-state index in [0.717, 1.165) is 39.2 Å². The average Bonchev–Trinajstić information content (AvgIpc) is 2.92. The van der Waals surface area contributed by atoms with Crippen LogP contribution in [0.4, 0.5) is 0 Å². The quantitative estimate of drug-likeness (QED) is 0.542. The van der Waals surface area contributed by atoms with E-state index in [2.05, 4.69) is 51.5 Å². The van der Waals surface area contributed by atoms with Crippen LogP contribution in [0.25, 0.3) is 5.69 Å². The highest BCUT2D eigenvalue weighted by Gasteiger charge is 2.13. The Bertz CT molecular complexity index is 802. The van der Waals surface area contributed by atoms with E-state index in [-0.39, 0.29) is 0 Å². The predicted octanol–water partition coefficient (Wildman–Crippen LogP) is 2.98. The normalized spacial score (nSPS) is 11.0. The molecule has 6 nitrogen and oxygen atoms in total. The van der Waals surface area contributed by atoms with Gasteiger partial charge in [0, 0.05) is 5.69 Å². The highest BCUT2D eigenvalue weighted by atomic mass is 32.2. The lowest BCUT2D eigenvalue weighted by Crippen LogP contribution is -2.06. The molecule has 0 aliphatic carbocycles. The molecule has 0 saturated carbocycles. The van der Waals surface area contributed by atoms with E-state index in [1.807, 2.05) is 30.7 Å². The fraction of sp³-hybridized carbons (Fsp3) is 0.312. The molecular formula is C16H18N6S. The van der Waals surface area contributed by atoms with Gasteiger partial charge in [-0.3, -0.25) is 0 Å². The van der Waals surface area contributed by atoms with E-state index < -0.39 is 0 Å². The van der Waals surface area contributed by atoms with Crippen LogP contribution in [0.5, 0.6) is 0 Å². The maximum absolute atomic E-state index is 4.44. The number of tetrazole rings is 1. The van der Waals surface area contributed by atoms with Crippen molar-refractivity contribution in [2.45, 2.75) is 38.5 Å². The monoisotopic (exact) mass is 326 g/mol. The van der Waals surface area contributed by atoms with Gasteiger partial charge in [0.05, 0.1) is 11.4 Å². The minimum Gasteiger partial charge on any atom is -0.238 e. The molecule has 0 radical (unpaired) electrons. The minimum absolute atomic E-state index is 0.649. The molecule has 0 atom stereocenters. The number of benzene rings is 1. The second-order valence-electron chi connectivity index (χ2n) is 5.43. The van der Waals surface area contributed by atoms with Gasteiger partial charge in [-0.1, -0.05) is 30.0 Å². The third-order valence-corrected chi connectivity index (χ3v) is 4.38. The van der Waals surface area contributed by atoms with Gasteiger partial charge in [0.2, 0.25) is 0 Å². The third-order valence-electron chi connectivity index (χ3n) is 3.48. The van der Waals surface area contributed by atoms with Gasteiger partial charge in [0.25, 0.3) is 0 Å². The Morgan fingerprint density at radius 1 is 1.04 bits per heavy atom. The standard InChI is InChI=1S/C16H18N6S/c1-10-6-5-7-11(2)16(10)22-14(19-20-21-22)9-23-15-8-12(3)17-13(4)18-15/h5-8H,9H2,1-4H3. The maximum Gasteiger partial charge on any atom is 0.166 e. The number of rotatable bonds is 4. The predicted molar refractivity (Wildman–Crippen MR) is 89.7 cm³/mol. The molecule has 0 fully saturated rings. The number of nitrogens with zero attached hydrogens (tertiary/aromatic N) is 6. The average molecular weight is 326 g/mol. The molecule has 2 heterocycles. The van der Waals surface area contributed by atoms with Crippen molar-refractivity contribution in [1.82, 2.24) is 30.2 Å². The van der Waals surface area contributed by atoms with Crippen molar-refractivity contribution in [2.75, 3.05) is 0 Å². The number of para-hydroxylation sites is 1. The lowest BCUT2D eigenvalue weighted by atomic mass is 10.1. The molecule has 0 unspecified atom stereocenters. The highest BCUT2D eigenvalue weighted by Crippen LogP contribution is 2.23. The van der Waals surface area contributed by atoms with Crippen LogP contribution in [0.1, 0.15) is 28.5 Å². The van der Waals surface area contributed by atoms with Crippen LogP contribution in [0.15, 0.2) is 29.3 Å². The summed E-state index contributed by atoms with van der Waals surface area (Å²) in [6.07, 6.45) is 0. The summed E-state index contributed by atoms with van der Waals surface area (Å²) >= 11 is 1.61. The zero-order valence-corrected chi connectivity index (χ0v) is 14.4. The van der Waals surface area contributed by atoms with Gasteiger partial charge >= 0.3 is 0 Å². The van der Waals surface area contributed by atoms with E-state index in [0.29, 0.717) is 5.75 Å². The van der Waals surface area contributed by atoms with Gasteiger partial charge in [0.1, 0.15) is 10.9 Å². The lowest BCUT2D eigenvalue weighted by molar-refractivity contribution is 0.769. The first kappa shape index (κ1) is 15.6. The summed E-state index contributed by atoms with van der Waals surface area (Å²) in [6.45, 7) is 8.01.